The number of amides is 4. The Kier molecular flexibility index (Phi) is 9.44. The van der Waals surface area contributed by atoms with Crippen LogP contribution in [0, 0.1) is 6.92 Å². The first-order valence-corrected chi connectivity index (χ1v) is 12.9. The van der Waals surface area contributed by atoms with Gasteiger partial charge in [0.05, 0.1) is 5.69 Å². The van der Waals surface area contributed by atoms with Crippen LogP contribution >= 0.6 is 0 Å². The van der Waals surface area contributed by atoms with Crippen molar-refractivity contribution in [3.05, 3.63) is 47.2 Å². The van der Waals surface area contributed by atoms with Crippen LogP contribution in [0.15, 0.2) is 30.5 Å². The van der Waals surface area contributed by atoms with Gasteiger partial charge in [-0.3, -0.25) is 29.8 Å². The number of rotatable bonds is 6. The van der Waals surface area contributed by atoms with Crippen molar-refractivity contribution in [2.75, 3.05) is 10.6 Å². The number of carbonyl (C=O) groups excluding carboxylic acids is 4. The summed E-state index contributed by atoms with van der Waals surface area (Å²) in [7, 11) is 0. The van der Waals surface area contributed by atoms with Crippen LogP contribution in [0.2, 0.25) is 0 Å². The molecule has 0 spiro atoms. The van der Waals surface area contributed by atoms with Gasteiger partial charge in [0, 0.05) is 19.0 Å². The van der Waals surface area contributed by atoms with E-state index in [-0.39, 0.29) is 35.4 Å². The molecule has 2 aromatic rings. The monoisotopic (exact) mass is 523 g/mol. The van der Waals surface area contributed by atoms with Gasteiger partial charge in [0.15, 0.2) is 0 Å². The molecular formula is C28H37N5O5. The molecule has 1 aromatic heterocycles. The van der Waals surface area contributed by atoms with E-state index < -0.39 is 6.04 Å². The lowest BCUT2D eigenvalue weighted by Gasteiger charge is -2.23. The van der Waals surface area contributed by atoms with Gasteiger partial charge in [-0.25, -0.2) is 4.98 Å². The third-order valence-electron chi connectivity index (χ3n) is 6.57. The van der Waals surface area contributed by atoms with Crippen molar-refractivity contribution in [3.8, 4) is 5.75 Å². The lowest BCUT2D eigenvalue weighted by atomic mass is 10.0. The molecule has 5 N–H and O–H groups in total. The van der Waals surface area contributed by atoms with E-state index in [0.717, 1.165) is 11.1 Å². The Morgan fingerprint density at radius 3 is 1.87 bits per heavy atom. The number of phenolic OH excluding ortho intramolecular Hbond substituents is 1. The number of aromatic hydroxyl groups is 1. The standard InChI is InChI=1S/C14H19N3O2.C14H18N2O3/c1-8(2)10-6-9(3)13(15-7-10)16-11-4-5-12(18)17-14(11)19;1-8(2)9-3-4-10(12(17)7-9)15-11-5-6-13(18)16-14(11)19/h6-8,11H,4-5H2,1-3H3,(H,15,16)(H,17,18,19);3-4,7-8,11,15,17H,5-6H2,1-2H3,(H,16,18,19). The Balaban J connectivity index is 0.000000211. The van der Waals surface area contributed by atoms with Crippen LogP contribution in [0.5, 0.6) is 5.75 Å². The molecular weight excluding hydrogens is 486 g/mol. The Morgan fingerprint density at radius 2 is 1.39 bits per heavy atom. The summed E-state index contributed by atoms with van der Waals surface area (Å²) >= 11 is 0. The van der Waals surface area contributed by atoms with E-state index in [4.69, 9.17) is 0 Å². The van der Waals surface area contributed by atoms with Crippen molar-refractivity contribution < 1.29 is 24.3 Å². The molecule has 2 unspecified atom stereocenters. The maximum atomic E-state index is 11.7. The molecule has 204 valence electrons. The highest BCUT2D eigenvalue weighted by Gasteiger charge is 2.28. The highest BCUT2D eigenvalue weighted by Crippen LogP contribution is 2.29. The molecule has 4 amide bonds. The fourth-order valence-electron chi connectivity index (χ4n) is 4.11. The minimum Gasteiger partial charge on any atom is -0.506 e. The quantitative estimate of drug-likeness (QED) is 0.285. The van der Waals surface area contributed by atoms with Crippen LogP contribution in [0.25, 0.3) is 0 Å². The maximum absolute atomic E-state index is 11.7. The van der Waals surface area contributed by atoms with Gasteiger partial charge in [-0.05, 0) is 60.4 Å². The average molecular weight is 524 g/mol. The smallest absolute Gasteiger partial charge is 0.249 e. The normalized spacial score (nSPS) is 19.4. The lowest BCUT2D eigenvalue weighted by molar-refractivity contribution is -0.135. The Hall–Kier alpha value is -3.95. The Morgan fingerprint density at radius 1 is 0.842 bits per heavy atom. The third-order valence-corrected chi connectivity index (χ3v) is 6.57. The molecule has 1 aromatic carbocycles. The molecule has 10 heteroatoms. The number of pyridine rings is 1. The molecule has 2 fully saturated rings. The average Bonchev–Trinajstić information content (AvgIpc) is 2.85. The largest absolute Gasteiger partial charge is 0.506 e. The van der Waals surface area contributed by atoms with Crippen LogP contribution < -0.4 is 21.3 Å². The number of aryl methyl sites for hydroxylation is 1. The van der Waals surface area contributed by atoms with Gasteiger partial charge in [-0.15, -0.1) is 0 Å². The summed E-state index contributed by atoms with van der Waals surface area (Å²) in [5.74, 6) is 0.514. The number of phenols is 1. The molecule has 0 aliphatic carbocycles. The van der Waals surface area contributed by atoms with Gasteiger partial charge in [-0.2, -0.15) is 0 Å². The zero-order valence-corrected chi connectivity index (χ0v) is 22.6. The summed E-state index contributed by atoms with van der Waals surface area (Å²) in [5.41, 5.74) is 3.73. The maximum Gasteiger partial charge on any atom is 0.249 e. The minimum absolute atomic E-state index is 0.121. The number of anilines is 2. The first kappa shape index (κ1) is 28.6. The van der Waals surface area contributed by atoms with Crippen molar-refractivity contribution in [1.82, 2.24) is 15.6 Å². The Bertz CT molecular complexity index is 1120. The summed E-state index contributed by atoms with van der Waals surface area (Å²) in [6, 6.07) is 6.58. The minimum atomic E-state index is -0.478. The second-order valence-electron chi connectivity index (χ2n) is 10.3. The van der Waals surface area contributed by atoms with Gasteiger partial charge in [-0.1, -0.05) is 39.8 Å². The Labute approximate surface area is 223 Å². The zero-order chi connectivity index (χ0) is 28.0. The summed E-state index contributed by atoms with van der Waals surface area (Å²) in [5, 5.41) is 20.6. The van der Waals surface area contributed by atoms with Crippen molar-refractivity contribution >= 4 is 35.1 Å². The van der Waals surface area contributed by atoms with Crippen molar-refractivity contribution in [2.24, 2.45) is 0 Å². The number of nitrogens with zero attached hydrogens (tertiary/aromatic N) is 1. The molecule has 10 nitrogen and oxygen atoms in total. The summed E-state index contributed by atoms with van der Waals surface area (Å²) in [6.45, 7) is 10.3. The predicted molar refractivity (Wildman–Crippen MR) is 145 cm³/mol. The molecule has 4 rings (SSSR count). The van der Waals surface area contributed by atoms with E-state index in [0.29, 0.717) is 49.0 Å². The SMILES string of the molecule is CC(C)c1ccc(NC2CCC(=O)NC2=O)c(O)c1.Cc1cc(C(C)C)cnc1NC1CCC(=O)NC1=O. The summed E-state index contributed by atoms with van der Waals surface area (Å²) in [4.78, 5) is 49.8. The van der Waals surface area contributed by atoms with E-state index in [2.05, 4.69) is 46.2 Å². The number of piperidine rings is 2. The number of aromatic nitrogens is 1. The highest BCUT2D eigenvalue weighted by atomic mass is 16.3. The number of hydrogen-bond donors (Lipinski definition) is 5. The highest BCUT2D eigenvalue weighted by molar-refractivity contribution is 6.02. The molecule has 2 atom stereocenters. The molecule has 2 aliphatic rings. The molecule has 38 heavy (non-hydrogen) atoms. The van der Waals surface area contributed by atoms with Crippen LogP contribution in [0.4, 0.5) is 11.5 Å². The van der Waals surface area contributed by atoms with Crippen molar-refractivity contribution in [3.63, 3.8) is 0 Å². The first-order chi connectivity index (χ1) is 17.9. The van der Waals surface area contributed by atoms with Gasteiger partial charge in [0.2, 0.25) is 23.6 Å². The number of carbonyl (C=O) groups is 4. The fourth-order valence-corrected chi connectivity index (χ4v) is 4.11. The van der Waals surface area contributed by atoms with E-state index in [1.807, 2.05) is 33.0 Å². The van der Waals surface area contributed by atoms with Gasteiger partial charge >= 0.3 is 0 Å². The van der Waals surface area contributed by atoms with Gasteiger partial charge < -0.3 is 15.7 Å². The number of benzene rings is 1. The molecule has 0 radical (unpaired) electrons. The van der Waals surface area contributed by atoms with Gasteiger partial charge in [0.1, 0.15) is 23.7 Å². The summed E-state index contributed by atoms with van der Waals surface area (Å²) in [6.07, 6.45) is 3.46. The third kappa shape index (κ3) is 7.53. The van der Waals surface area contributed by atoms with E-state index in [9.17, 15) is 24.3 Å². The van der Waals surface area contributed by atoms with Crippen LogP contribution in [0.1, 0.15) is 81.9 Å². The van der Waals surface area contributed by atoms with Crippen LogP contribution in [-0.4, -0.2) is 45.8 Å². The summed E-state index contributed by atoms with van der Waals surface area (Å²) < 4.78 is 0. The second-order valence-corrected chi connectivity index (χ2v) is 10.3. The van der Waals surface area contributed by atoms with Gasteiger partial charge in [0.25, 0.3) is 0 Å². The molecule has 2 aliphatic heterocycles. The van der Waals surface area contributed by atoms with E-state index in [1.54, 1.807) is 12.1 Å². The molecule has 2 saturated heterocycles. The molecule has 0 saturated carbocycles. The topological polar surface area (TPSA) is 150 Å². The lowest BCUT2D eigenvalue weighted by Crippen LogP contribution is -2.47. The van der Waals surface area contributed by atoms with E-state index >= 15 is 0 Å². The van der Waals surface area contributed by atoms with Crippen molar-refractivity contribution in [2.45, 2.75) is 84.2 Å². The van der Waals surface area contributed by atoms with Crippen molar-refractivity contribution in [1.29, 1.82) is 0 Å². The fraction of sp³-hybridized carbons (Fsp3) is 0.464. The van der Waals surface area contributed by atoms with E-state index in [1.165, 1.54) is 5.56 Å². The molecule has 0 bridgehead atoms. The zero-order valence-electron chi connectivity index (χ0n) is 22.6. The first-order valence-electron chi connectivity index (χ1n) is 12.9. The van der Waals surface area contributed by atoms with Crippen LogP contribution in [-0.2, 0) is 19.2 Å². The predicted octanol–water partition coefficient (Wildman–Crippen LogP) is 3.46. The number of nitrogens with one attached hydrogen (secondary N) is 4. The van der Waals surface area contributed by atoms with Crippen LogP contribution in [0.3, 0.4) is 0 Å². The number of imide groups is 2. The number of hydrogen-bond acceptors (Lipinski definition) is 8. The second kappa shape index (κ2) is 12.5. The molecule has 3 heterocycles.